The first-order valence-electron chi connectivity index (χ1n) is 8.82. The van der Waals surface area contributed by atoms with Crippen molar-refractivity contribution in [1.82, 2.24) is 25.1 Å². The second-order valence-electron chi connectivity index (χ2n) is 6.37. The minimum absolute atomic E-state index is 0.0579. The summed E-state index contributed by atoms with van der Waals surface area (Å²) in [5, 5.41) is 11.5. The molecule has 0 saturated carbocycles. The van der Waals surface area contributed by atoms with Crippen LogP contribution in [-0.2, 0) is 13.5 Å². The van der Waals surface area contributed by atoms with Crippen LogP contribution in [0.1, 0.15) is 15.9 Å². The summed E-state index contributed by atoms with van der Waals surface area (Å²) in [6, 6.07) is 13.1. The Labute approximate surface area is 163 Å². The Kier molecular flexibility index (Phi) is 5.88. The molecule has 3 aromatic rings. The molecule has 0 bridgehead atoms. The third-order valence-corrected chi connectivity index (χ3v) is 4.52. The van der Waals surface area contributed by atoms with E-state index in [0.29, 0.717) is 35.9 Å². The fourth-order valence-corrected chi connectivity index (χ4v) is 2.92. The van der Waals surface area contributed by atoms with E-state index in [-0.39, 0.29) is 5.91 Å². The number of carbonyl (C=O) groups excluding carboxylic acids is 1. The van der Waals surface area contributed by atoms with Crippen LogP contribution in [0.15, 0.2) is 42.5 Å². The Morgan fingerprint density at radius 1 is 1.11 bits per heavy atom. The quantitative estimate of drug-likeness (QED) is 0.624. The number of aryl methyl sites for hydroxylation is 1. The number of likely N-dealkylation sites (N-methyl/N-ethyl adjacent to an activating group) is 1. The number of ether oxygens (including phenoxy) is 2. The molecule has 8 nitrogen and oxygen atoms in total. The van der Waals surface area contributed by atoms with Gasteiger partial charge in [-0.1, -0.05) is 18.2 Å². The largest absolute Gasteiger partial charge is 0.493 e. The molecule has 0 fully saturated rings. The normalized spacial score (nSPS) is 10.6. The van der Waals surface area contributed by atoms with Gasteiger partial charge in [-0.25, -0.2) is 4.68 Å². The fourth-order valence-electron chi connectivity index (χ4n) is 2.92. The van der Waals surface area contributed by atoms with Crippen LogP contribution in [0.25, 0.3) is 11.4 Å². The van der Waals surface area contributed by atoms with Crippen molar-refractivity contribution in [3.63, 3.8) is 0 Å². The van der Waals surface area contributed by atoms with Crippen molar-refractivity contribution in [1.29, 1.82) is 0 Å². The number of aromatic nitrogens is 4. The summed E-state index contributed by atoms with van der Waals surface area (Å²) < 4.78 is 12.2. The Bertz CT molecular complexity index is 970. The summed E-state index contributed by atoms with van der Waals surface area (Å²) >= 11 is 0. The zero-order chi connectivity index (χ0) is 20.1. The Morgan fingerprint density at radius 2 is 1.89 bits per heavy atom. The van der Waals surface area contributed by atoms with Gasteiger partial charge in [0, 0.05) is 31.8 Å². The van der Waals surface area contributed by atoms with Crippen LogP contribution >= 0.6 is 0 Å². The summed E-state index contributed by atoms with van der Waals surface area (Å²) in [4.78, 5) is 14.5. The number of nitrogens with zero attached hydrogens (tertiary/aromatic N) is 5. The Hall–Kier alpha value is -3.42. The molecule has 0 aliphatic carbocycles. The zero-order valence-corrected chi connectivity index (χ0v) is 16.4. The maximum absolute atomic E-state index is 12.8. The minimum Gasteiger partial charge on any atom is -0.493 e. The molecule has 2 aromatic carbocycles. The minimum atomic E-state index is -0.0579. The molecule has 0 saturated heterocycles. The number of carbonyl (C=O) groups is 1. The lowest BCUT2D eigenvalue weighted by molar-refractivity contribution is 0.0796. The van der Waals surface area contributed by atoms with E-state index in [0.717, 1.165) is 11.1 Å². The van der Waals surface area contributed by atoms with Crippen LogP contribution in [0.4, 0.5) is 0 Å². The van der Waals surface area contributed by atoms with E-state index in [2.05, 4.69) is 15.5 Å². The molecule has 0 N–H and O–H groups in total. The second-order valence-corrected chi connectivity index (χ2v) is 6.37. The number of benzene rings is 2. The van der Waals surface area contributed by atoms with Gasteiger partial charge in [-0.05, 0) is 46.7 Å². The number of rotatable bonds is 7. The summed E-state index contributed by atoms with van der Waals surface area (Å²) in [5.74, 6) is 1.92. The molecule has 0 aliphatic heterocycles. The summed E-state index contributed by atoms with van der Waals surface area (Å²) in [6.07, 6.45) is 0.704. The molecule has 1 aromatic heterocycles. The van der Waals surface area contributed by atoms with E-state index >= 15 is 0 Å². The third kappa shape index (κ3) is 4.11. The van der Waals surface area contributed by atoms with E-state index in [1.807, 2.05) is 30.3 Å². The van der Waals surface area contributed by atoms with Gasteiger partial charge in [0.1, 0.15) is 0 Å². The van der Waals surface area contributed by atoms with Gasteiger partial charge in [-0.2, -0.15) is 0 Å². The molecule has 0 aliphatic rings. The van der Waals surface area contributed by atoms with Crippen LogP contribution in [0.3, 0.4) is 0 Å². The van der Waals surface area contributed by atoms with Crippen LogP contribution in [0, 0.1) is 0 Å². The number of amides is 1. The predicted octanol–water partition coefficient (Wildman–Crippen LogP) is 2.21. The van der Waals surface area contributed by atoms with Crippen molar-refractivity contribution in [2.45, 2.75) is 6.42 Å². The number of hydrogen-bond donors (Lipinski definition) is 0. The van der Waals surface area contributed by atoms with E-state index in [1.54, 1.807) is 50.0 Å². The molecule has 0 atom stereocenters. The van der Waals surface area contributed by atoms with Crippen molar-refractivity contribution < 1.29 is 14.3 Å². The Morgan fingerprint density at radius 3 is 2.57 bits per heavy atom. The van der Waals surface area contributed by atoms with Gasteiger partial charge in [0.2, 0.25) is 0 Å². The van der Waals surface area contributed by atoms with Gasteiger partial charge >= 0.3 is 0 Å². The van der Waals surface area contributed by atoms with Gasteiger partial charge in [0.15, 0.2) is 17.3 Å². The highest BCUT2D eigenvalue weighted by molar-refractivity contribution is 5.95. The lowest BCUT2D eigenvalue weighted by atomic mass is 10.1. The summed E-state index contributed by atoms with van der Waals surface area (Å²) in [5.41, 5.74) is 2.46. The van der Waals surface area contributed by atoms with Gasteiger partial charge in [0.25, 0.3) is 5.91 Å². The molecule has 3 rings (SSSR count). The van der Waals surface area contributed by atoms with Crippen molar-refractivity contribution in [3.05, 3.63) is 53.6 Å². The van der Waals surface area contributed by atoms with Crippen molar-refractivity contribution in [2.75, 3.05) is 27.8 Å². The molecule has 28 heavy (non-hydrogen) atoms. The van der Waals surface area contributed by atoms with Gasteiger partial charge in [-0.3, -0.25) is 4.79 Å². The first-order valence-corrected chi connectivity index (χ1v) is 8.82. The van der Waals surface area contributed by atoms with Gasteiger partial charge in [0.05, 0.1) is 14.2 Å². The molecule has 0 unspecified atom stereocenters. The van der Waals surface area contributed by atoms with Crippen molar-refractivity contribution in [2.24, 2.45) is 7.05 Å². The maximum Gasteiger partial charge on any atom is 0.253 e. The Balaban J connectivity index is 1.69. The standard InChI is InChI=1S/C20H23N5O3/c1-24(11-10-14-8-9-17(27-3)18(12-14)28-4)20(26)16-7-5-6-15(13-16)19-21-22-23-25(19)2/h5-9,12-13H,10-11H2,1-4H3. The average Bonchev–Trinajstić information content (AvgIpc) is 3.17. The van der Waals surface area contributed by atoms with E-state index in [9.17, 15) is 4.79 Å². The molecular weight excluding hydrogens is 358 g/mol. The number of methoxy groups -OCH3 is 2. The maximum atomic E-state index is 12.8. The average molecular weight is 381 g/mol. The summed E-state index contributed by atoms with van der Waals surface area (Å²) in [6.45, 7) is 0.573. The molecular formula is C20H23N5O3. The lowest BCUT2D eigenvalue weighted by Gasteiger charge is -2.18. The monoisotopic (exact) mass is 381 g/mol. The van der Waals surface area contributed by atoms with E-state index in [1.165, 1.54) is 0 Å². The first kappa shape index (κ1) is 19.3. The fraction of sp³-hybridized carbons (Fsp3) is 0.300. The van der Waals surface area contributed by atoms with Crippen LogP contribution in [0.5, 0.6) is 11.5 Å². The predicted molar refractivity (Wildman–Crippen MR) is 104 cm³/mol. The highest BCUT2D eigenvalue weighted by Crippen LogP contribution is 2.27. The third-order valence-electron chi connectivity index (χ3n) is 4.52. The molecule has 0 spiro atoms. The molecule has 1 heterocycles. The lowest BCUT2D eigenvalue weighted by Crippen LogP contribution is -2.28. The van der Waals surface area contributed by atoms with Crippen LogP contribution in [-0.4, -0.2) is 58.8 Å². The molecule has 146 valence electrons. The van der Waals surface area contributed by atoms with Crippen LogP contribution < -0.4 is 9.47 Å². The highest BCUT2D eigenvalue weighted by Gasteiger charge is 2.15. The van der Waals surface area contributed by atoms with E-state index in [4.69, 9.17) is 9.47 Å². The molecule has 0 radical (unpaired) electrons. The number of hydrogen-bond acceptors (Lipinski definition) is 6. The zero-order valence-electron chi connectivity index (χ0n) is 16.4. The number of tetrazole rings is 1. The topological polar surface area (TPSA) is 82.4 Å². The smallest absolute Gasteiger partial charge is 0.253 e. The van der Waals surface area contributed by atoms with Gasteiger partial charge < -0.3 is 14.4 Å². The highest BCUT2D eigenvalue weighted by atomic mass is 16.5. The van der Waals surface area contributed by atoms with Crippen molar-refractivity contribution in [3.8, 4) is 22.9 Å². The SMILES string of the molecule is COc1ccc(CCN(C)C(=O)c2cccc(-c3nnnn3C)c2)cc1OC. The molecule has 8 heteroatoms. The second kappa shape index (κ2) is 8.51. The first-order chi connectivity index (χ1) is 13.5. The van der Waals surface area contributed by atoms with Crippen LogP contribution in [0.2, 0.25) is 0 Å². The molecule has 1 amide bonds. The van der Waals surface area contributed by atoms with E-state index < -0.39 is 0 Å². The summed E-state index contributed by atoms with van der Waals surface area (Å²) in [7, 11) is 6.77. The van der Waals surface area contributed by atoms with Crippen molar-refractivity contribution >= 4 is 5.91 Å². The van der Waals surface area contributed by atoms with Gasteiger partial charge in [-0.15, -0.1) is 5.10 Å².